The summed E-state index contributed by atoms with van der Waals surface area (Å²) in [7, 11) is -3.63. The van der Waals surface area contributed by atoms with E-state index in [1.165, 1.54) is 35.5 Å². The molecule has 25 heavy (non-hydrogen) atoms. The molecule has 0 heterocycles. The van der Waals surface area contributed by atoms with Gasteiger partial charge in [-0.25, -0.2) is 8.42 Å². The molecule has 0 atom stereocenters. The summed E-state index contributed by atoms with van der Waals surface area (Å²) < 4.78 is 27.0. The smallest absolute Gasteiger partial charge is 0.243 e. The van der Waals surface area contributed by atoms with Crippen molar-refractivity contribution in [1.82, 2.24) is 4.31 Å². The van der Waals surface area contributed by atoms with Crippen LogP contribution in [-0.4, -0.2) is 38.1 Å². The Balaban J connectivity index is 0.00000312. The van der Waals surface area contributed by atoms with Crippen molar-refractivity contribution < 1.29 is 13.2 Å². The fourth-order valence-electron chi connectivity index (χ4n) is 2.41. The molecule has 0 fully saturated rings. The van der Waals surface area contributed by atoms with E-state index >= 15 is 0 Å². The second kappa shape index (κ2) is 9.68. The first-order valence-electron chi connectivity index (χ1n) is 7.80. The van der Waals surface area contributed by atoms with E-state index in [1.807, 2.05) is 30.3 Å². The van der Waals surface area contributed by atoms with E-state index in [-0.39, 0.29) is 36.2 Å². The van der Waals surface area contributed by atoms with Crippen molar-refractivity contribution >= 4 is 28.2 Å². The minimum atomic E-state index is -3.63. The number of benzene rings is 2. The van der Waals surface area contributed by atoms with E-state index in [0.717, 1.165) is 5.56 Å². The zero-order valence-electron chi connectivity index (χ0n) is 14.1. The van der Waals surface area contributed by atoms with E-state index in [4.69, 9.17) is 5.73 Å². The highest BCUT2D eigenvalue weighted by atomic mass is 35.5. The number of halogens is 1. The van der Waals surface area contributed by atoms with Gasteiger partial charge >= 0.3 is 0 Å². The van der Waals surface area contributed by atoms with Crippen LogP contribution >= 0.6 is 12.4 Å². The molecule has 136 valence electrons. The Hall–Kier alpha value is -1.73. The van der Waals surface area contributed by atoms with Gasteiger partial charge in [0.05, 0.1) is 4.90 Å². The first-order valence-corrected chi connectivity index (χ1v) is 9.24. The maximum absolute atomic E-state index is 12.8. The summed E-state index contributed by atoms with van der Waals surface area (Å²) in [6.07, 6.45) is 0.617. The number of hydrogen-bond acceptors (Lipinski definition) is 4. The molecule has 0 spiro atoms. The van der Waals surface area contributed by atoms with Crippen LogP contribution in [-0.2, 0) is 16.4 Å². The number of Topliss-reactive ketones (excluding diaryl/α,β-unsaturated/α-hetero) is 1. The molecule has 0 radical (unpaired) electrons. The molecule has 5 nitrogen and oxygen atoms in total. The molecule has 0 aliphatic heterocycles. The molecule has 2 aromatic rings. The van der Waals surface area contributed by atoms with E-state index in [0.29, 0.717) is 18.5 Å². The van der Waals surface area contributed by atoms with Crippen LogP contribution in [0.4, 0.5) is 0 Å². The lowest BCUT2D eigenvalue weighted by Crippen LogP contribution is -2.36. The predicted octanol–water partition coefficient (Wildman–Crippen LogP) is 2.50. The number of hydrogen-bond donors (Lipinski definition) is 1. The molecule has 0 amide bonds. The Morgan fingerprint density at radius 2 is 1.60 bits per heavy atom. The third kappa shape index (κ3) is 5.64. The van der Waals surface area contributed by atoms with Gasteiger partial charge in [-0.3, -0.25) is 4.79 Å². The summed E-state index contributed by atoms with van der Waals surface area (Å²) >= 11 is 0. The number of nitrogens with zero attached hydrogens (tertiary/aromatic N) is 1. The number of carbonyl (C=O) groups is 1. The maximum Gasteiger partial charge on any atom is 0.243 e. The topological polar surface area (TPSA) is 80.5 Å². The van der Waals surface area contributed by atoms with Gasteiger partial charge in [-0.05, 0) is 31.0 Å². The summed E-state index contributed by atoms with van der Waals surface area (Å²) in [5, 5.41) is 0. The van der Waals surface area contributed by atoms with Gasteiger partial charge in [0, 0.05) is 25.2 Å². The molecule has 2 rings (SSSR count). The van der Waals surface area contributed by atoms with Gasteiger partial charge in [-0.2, -0.15) is 4.31 Å². The highest BCUT2D eigenvalue weighted by Gasteiger charge is 2.23. The molecule has 0 aliphatic carbocycles. The van der Waals surface area contributed by atoms with E-state index in [1.54, 1.807) is 0 Å². The highest BCUT2D eigenvalue weighted by Crippen LogP contribution is 2.17. The van der Waals surface area contributed by atoms with Gasteiger partial charge in [0.2, 0.25) is 10.0 Å². The number of sulfonamides is 1. The van der Waals surface area contributed by atoms with Gasteiger partial charge in [-0.15, -0.1) is 12.4 Å². The fraction of sp³-hybridized carbons (Fsp3) is 0.278. The average Bonchev–Trinajstić information content (AvgIpc) is 2.59. The molecule has 0 bridgehead atoms. The Bertz CT molecular complexity index is 778. The van der Waals surface area contributed by atoms with Crippen molar-refractivity contribution in [2.75, 3.05) is 19.6 Å². The highest BCUT2D eigenvalue weighted by molar-refractivity contribution is 7.89. The largest absolute Gasteiger partial charge is 0.329 e. The van der Waals surface area contributed by atoms with Crippen LogP contribution in [0.2, 0.25) is 0 Å². The van der Waals surface area contributed by atoms with Gasteiger partial charge in [0.25, 0.3) is 0 Å². The monoisotopic (exact) mass is 382 g/mol. The fourth-order valence-corrected chi connectivity index (χ4v) is 3.86. The van der Waals surface area contributed by atoms with Crippen LogP contribution in [0.5, 0.6) is 0 Å². The van der Waals surface area contributed by atoms with Crippen LogP contribution in [0.3, 0.4) is 0 Å². The van der Waals surface area contributed by atoms with Crippen molar-refractivity contribution in [1.29, 1.82) is 0 Å². The van der Waals surface area contributed by atoms with Crippen molar-refractivity contribution in [2.24, 2.45) is 5.73 Å². The Morgan fingerprint density at radius 1 is 1.00 bits per heavy atom. The summed E-state index contributed by atoms with van der Waals surface area (Å²) in [5.41, 5.74) is 7.15. The first kappa shape index (κ1) is 21.3. The Labute approximate surface area is 155 Å². The minimum absolute atomic E-state index is 0. The van der Waals surface area contributed by atoms with E-state index in [9.17, 15) is 13.2 Å². The van der Waals surface area contributed by atoms with Crippen LogP contribution in [0, 0.1) is 0 Å². The van der Waals surface area contributed by atoms with E-state index < -0.39 is 10.0 Å². The first-order chi connectivity index (χ1) is 11.4. The molecule has 0 saturated heterocycles. The Kier molecular flexibility index (Phi) is 8.25. The lowest BCUT2D eigenvalue weighted by molar-refractivity contribution is 0.101. The molecular weight excluding hydrogens is 360 g/mol. The normalized spacial score (nSPS) is 11.2. The quantitative estimate of drug-likeness (QED) is 0.711. The van der Waals surface area contributed by atoms with Crippen molar-refractivity contribution in [2.45, 2.75) is 18.2 Å². The minimum Gasteiger partial charge on any atom is -0.329 e. The molecule has 7 heteroatoms. The molecule has 0 aromatic heterocycles. The third-order valence-corrected chi connectivity index (χ3v) is 5.68. The van der Waals surface area contributed by atoms with Crippen molar-refractivity contribution in [3.8, 4) is 0 Å². The van der Waals surface area contributed by atoms with Crippen LogP contribution in [0.1, 0.15) is 22.8 Å². The lowest BCUT2D eigenvalue weighted by atomic mass is 10.1. The van der Waals surface area contributed by atoms with Crippen molar-refractivity contribution in [3.05, 3.63) is 65.7 Å². The third-order valence-electron chi connectivity index (χ3n) is 3.77. The van der Waals surface area contributed by atoms with Gasteiger partial charge in [0.15, 0.2) is 5.78 Å². The molecular formula is C18H23ClN2O3S. The van der Waals surface area contributed by atoms with Gasteiger partial charge < -0.3 is 5.73 Å². The van der Waals surface area contributed by atoms with Gasteiger partial charge in [0.1, 0.15) is 0 Å². The van der Waals surface area contributed by atoms with E-state index in [2.05, 4.69) is 0 Å². The van der Waals surface area contributed by atoms with Crippen LogP contribution in [0.15, 0.2) is 59.5 Å². The number of ketones is 1. The average molecular weight is 383 g/mol. The summed E-state index contributed by atoms with van der Waals surface area (Å²) in [6.45, 7) is 2.31. The summed E-state index contributed by atoms with van der Waals surface area (Å²) in [6, 6.07) is 15.7. The second-order valence-corrected chi connectivity index (χ2v) is 7.45. The second-order valence-electron chi connectivity index (χ2n) is 5.51. The SMILES string of the molecule is CC(=O)c1ccc(S(=O)(=O)N(CCN)CCc2ccccc2)cc1.Cl. The number of nitrogens with two attached hydrogens (primary N) is 1. The zero-order chi connectivity index (χ0) is 17.6. The zero-order valence-corrected chi connectivity index (χ0v) is 15.7. The standard InChI is InChI=1S/C18H22N2O3S.ClH/c1-15(21)17-7-9-18(10-8-17)24(22,23)20(14-12-19)13-11-16-5-3-2-4-6-16;/h2-10H,11-14,19H2,1H3;1H. The van der Waals surface area contributed by atoms with Crippen LogP contribution < -0.4 is 5.73 Å². The Morgan fingerprint density at radius 3 is 2.12 bits per heavy atom. The molecule has 0 saturated carbocycles. The number of carbonyl (C=O) groups excluding carboxylic acids is 1. The summed E-state index contributed by atoms with van der Waals surface area (Å²) in [4.78, 5) is 11.5. The van der Waals surface area contributed by atoms with Crippen LogP contribution in [0.25, 0.3) is 0 Å². The van der Waals surface area contributed by atoms with Crippen molar-refractivity contribution in [3.63, 3.8) is 0 Å². The lowest BCUT2D eigenvalue weighted by Gasteiger charge is -2.21. The number of rotatable bonds is 8. The molecule has 2 N–H and O–H groups in total. The summed E-state index contributed by atoms with van der Waals surface area (Å²) in [5.74, 6) is -0.0955. The predicted molar refractivity (Wildman–Crippen MR) is 102 cm³/mol. The molecule has 0 aliphatic rings. The maximum atomic E-state index is 12.8. The van der Waals surface area contributed by atoms with Gasteiger partial charge in [-0.1, -0.05) is 42.5 Å². The molecule has 2 aromatic carbocycles. The molecule has 0 unspecified atom stereocenters.